The van der Waals surface area contributed by atoms with Crippen LogP contribution in [0.25, 0.3) is 0 Å². The van der Waals surface area contributed by atoms with E-state index in [0.717, 1.165) is 0 Å². The fourth-order valence-electron chi connectivity index (χ4n) is 0.865. The van der Waals surface area contributed by atoms with Crippen molar-refractivity contribution in [2.45, 2.75) is 0 Å². The predicted molar refractivity (Wildman–Crippen MR) is 55.6 cm³/mol. The van der Waals surface area contributed by atoms with Gasteiger partial charge in [0.1, 0.15) is 11.6 Å². The summed E-state index contributed by atoms with van der Waals surface area (Å²) in [4.78, 5) is 3.82. The summed E-state index contributed by atoms with van der Waals surface area (Å²) in [5.41, 5.74) is 0.463. The second kappa shape index (κ2) is 6.38. The first-order chi connectivity index (χ1) is 7.38. The molecule has 0 aliphatic carbocycles. The zero-order valence-electron chi connectivity index (χ0n) is 8.25. The van der Waals surface area contributed by atoms with Gasteiger partial charge in [-0.15, -0.1) is 0 Å². The van der Waals surface area contributed by atoms with E-state index >= 15 is 0 Å². The third-order valence-corrected chi connectivity index (χ3v) is 1.51. The van der Waals surface area contributed by atoms with Crippen LogP contribution in [0.3, 0.4) is 0 Å². The quantitative estimate of drug-likeness (QED) is 0.700. The van der Waals surface area contributed by atoms with Crippen LogP contribution in [0.4, 0.5) is 0 Å². The SMILES string of the molecule is COc1ncccc1C#N.b1ccco1. The minimum atomic E-state index is 0.380. The van der Waals surface area contributed by atoms with E-state index in [9.17, 15) is 0 Å². The molecule has 0 fully saturated rings. The van der Waals surface area contributed by atoms with Gasteiger partial charge in [0.15, 0.2) is 0 Å². The molecule has 0 N–H and O–H groups in total. The van der Waals surface area contributed by atoms with E-state index in [4.69, 9.17) is 10.00 Å². The number of hydrogen-bond acceptors (Lipinski definition) is 4. The van der Waals surface area contributed by atoms with Crippen LogP contribution < -0.4 is 4.74 Å². The van der Waals surface area contributed by atoms with Gasteiger partial charge in [-0.3, -0.25) is 0 Å². The Morgan fingerprint density at radius 2 is 2.40 bits per heavy atom. The van der Waals surface area contributed by atoms with Gasteiger partial charge < -0.3 is 4.74 Å². The molecule has 0 radical (unpaired) electrons. The molecule has 0 aromatic carbocycles. The maximum absolute atomic E-state index is 8.48. The fraction of sp³-hybridized carbons (Fsp3) is 0.100. The molecule has 0 bridgehead atoms. The molecule has 0 atom stereocenters. The number of aromatic nitrogens is 1. The number of methoxy groups -OCH3 is 1. The Hall–Kier alpha value is -2.09. The molecule has 2 aromatic heterocycles. The summed E-state index contributed by atoms with van der Waals surface area (Å²) in [5.74, 6) is 2.21. The van der Waals surface area contributed by atoms with Crippen molar-refractivity contribution < 1.29 is 9.07 Å². The Balaban J connectivity index is 0.000000187. The second-order valence-electron chi connectivity index (χ2n) is 2.47. The topological polar surface area (TPSA) is 59.0 Å². The standard InChI is InChI=1S/C7H6N2O.C3H3BO/c1-10-7-6(5-8)3-2-4-9-7;1-2-4-5-3-1/h2-4H,1H3;1-3H. The summed E-state index contributed by atoms with van der Waals surface area (Å²) >= 11 is 0. The molecule has 15 heavy (non-hydrogen) atoms. The van der Waals surface area contributed by atoms with Gasteiger partial charge in [-0.2, -0.15) is 5.26 Å². The summed E-state index contributed by atoms with van der Waals surface area (Å²) in [5, 5.41) is 8.48. The molecule has 2 rings (SSSR count). The van der Waals surface area contributed by atoms with Crippen LogP contribution in [-0.4, -0.2) is 19.2 Å². The molecule has 0 unspecified atom stereocenters. The van der Waals surface area contributed by atoms with Crippen molar-refractivity contribution in [3.63, 3.8) is 0 Å². The first-order valence-corrected chi connectivity index (χ1v) is 4.24. The Morgan fingerprint density at radius 3 is 2.80 bits per heavy atom. The maximum atomic E-state index is 8.48. The van der Waals surface area contributed by atoms with Gasteiger partial charge in [-0.1, -0.05) is 0 Å². The van der Waals surface area contributed by atoms with Gasteiger partial charge in [0.2, 0.25) is 5.88 Å². The second-order valence-corrected chi connectivity index (χ2v) is 2.47. The van der Waals surface area contributed by atoms with Crippen LogP contribution in [0.2, 0.25) is 0 Å². The summed E-state index contributed by atoms with van der Waals surface area (Å²) in [7, 11) is 3.11. The van der Waals surface area contributed by atoms with Crippen LogP contribution in [-0.2, 0) is 0 Å². The Morgan fingerprint density at radius 1 is 1.53 bits per heavy atom. The molecular formula is C10H9BN2O2. The zero-order chi connectivity index (χ0) is 10.9. The summed E-state index contributed by atoms with van der Waals surface area (Å²) in [6.45, 7) is 0. The van der Waals surface area contributed by atoms with Crippen LogP contribution in [0.15, 0.2) is 41.0 Å². The van der Waals surface area contributed by atoms with Crippen molar-refractivity contribution in [1.29, 1.82) is 5.26 Å². The van der Waals surface area contributed by atoms with Crippen LogP contribution in [0.5, 0.6) is 5.88 Å². The number of rotatable bonds is 1. The average molecular weight is 200 g/mol. The van der Waals surface area contributed by atoms with Crippen LogP contribution >= 0.6 is 0 Å². The van der Waals surface area contributed by atoms with Crippen LogP contribution in [0.1, 0.15) is 5.56 Å². The van der Waals surface area contributed by atoms with Gasteiger partial charge in [-0.05, 0) is 12.1 Å². The van der Waals surface area contributed by atoms with Crippen molar-refractivity contribution in [3.8, 4) is 11.9 Å². The van der Waals surface area contributed by atoms with E-state index in [2.05, 4.69) is 9.32 Å². The van der Waals surface area contributed by atoms with Gasteiger partial charge in [0, 0.05) is 6.20 Å². The minimum absolute atomic E-state index is 0.380. The molecule has 2 heterocycles. The predicted octanol–water partition coefficient (Wildman–Crippen LogP) is 1.58. The number of nitrogens with zero attached hydrogens (tertiary/aromatic N) is 2. The fourth-order valence-corrected chi connectivity index (χ4v) is 0.865. The zero-order valence-corrected chi connectivity index (χ0v) is 8.25. The Kier molecular flexibility index (Phi) is 4.68. The van der Waals surface area contributed by atoms with Crippen molar-refractivity contribution in [2.75, 3.05) is 7.11 Å². The van der Waals surface area contributed by atoms with Gasteiger partial charge >= 0.3 is 29.7 Å². The molecule has 2 aromatic rings. The van der Waals surface area contributed by atoms with E-state index in [1.807, 2.05) is 18.1 Å². The van der Waals surface area contributed by atoms with Gasteiger partial charge in [0.05, 0.1) is 7.11 Å². The van der Waals surface area contributed by atoms with Crippen molar-refractivity contribution in [2.24, 2.45) is 0 Å². The molecule has 0 aliphatic rings. The van der Waals surface area contributed by atoms with Crippen molar-refractivity contribution in [3.05, 3.63) is 42.2 Å². The number of hydrogen-bond donors (Lipinski definition) is 0. The van der Waals surface area contributed by atoms with Gasteiger partial charge in [-0.25, -0.2) is 4.98 Å². The molecular weight excluding hydrogens is 191 g/mol. The summed E-state index contributed by atoms with van der Waals surface area (Å²) in [6, 6.07) is 7.15. The molecule has 0 aliphatic heterocycles. The monoisotopic (exact) mass is 200 g/mol. The first-order valence-electron chi connectivity index (χ1n) is 4.24. The van der Waals surface area contributed by atoms with E-state index in [1.54, 1.807) is 31.7 Å². The summed E-state index contributed by atoms with van der Waals surface area (Å²) in [6.07, 6.45) is 3.21. The molecule has 4 nitrogen and oxygen atoms in total. The normalized spacial score (nSPS) is 8.00. The number of nitriles is 1. The third-order valence-electron chi connectivity index (χ3n) is 1.51. The number of pyridine rings is 1. The van der Waals surface area contributed by atoms with E-state index in [0.29, 0.717) is 11.4 Å². The Bertz CT molecular complexity index is 406. The van der Waals surface area contributed by atoms with Crippen molar-refractivity contribution in [1.82, 2.24) is 4.98 Å². The molecule has 0 spiro atoms. The van der Waals surface area contributed by atoms with E-state index in [-0.39, 0.29) is 0 Å². The molecule has 0 amide bonds. The van der Waals surface area contributed by atoms with Gasteiger partial charge in [0.25, 0.3) is 0 Å². The average Bonchev–Trinajstić information content (AvgIpc) is 2.87. The number of ether oxygens (including phenoxy) is 1. The van der Waals surface area contributed by atoms with E-state index < -0.39 is 0 Å². The third kappa shape index (κ3) is 3.65. The van der Waals surface area contributed by atoms with Crippen LogP contribution in [0, 0.1) is 11.3 Å². The van der Waals surface area contributed by atoms with E-state index in [1.165, 1.54) is 7.11 Å². The summed E-state index contributed by atoms with van der Waals surface area (Å²) < 4.78 is 9.39. The molecule has 74 valence electrons. The molecule has 5 heteroatoms. The van der Waals surface area contributed by atoms with Crippen molar-refractivity contribution >= 4 is 7.13 Å². The Labute approximate surface area is 88.4 Å². The molecule has 0 saturated heterocycles. The first kappa shape index (κ1) is 11.0. The molecule has 0 saturated carbocycles.